The zero-order chi connectivity index (χ0) is 13.9. The molecule has 0 bridgehead atoms. The first-order valence-corrected chi connectivity index (χ1v) is 8.33. The number of hydrogen-bond acceptors (Lipinski definition) is 6. The van der Waals surface area contributed by atoms with Crippen LogP contribution in [0.25, 0.3) is 11.0 Å². The number of thioether (sulfide) groups is 1. The monoisotopic (exact) mass is 292 g/mol. The van der Waals surface area contributed by atoms with Crippen LogP contribution in [0.5, 0.6) is 0 Å². The second kappa shape index (κ2) is 5.87. The van der Waals surface area contributed by atoms with E-state index in [1.54, 1.807) is 6.20 Å². The van der Waals surface area contributed by atoms with Gasteiger partial charge in [-0.15, -0.1) is 0 Å². The SMILES string of the molecule is CCNc1nc(NC2CCC(SC)C2)c2cn[nH]c2n1. The Kier molecular flexibility index (Phi) is 3.95. The fourth-order valence-electron chi connectivity index (χ4n) is 2.66. The van der Waals surface area contributed by atoms with Gasteiger partial charge in [0, 0.05) is 17.8 Å². The zero-order valence-electron chi connectivity index (χ0n) is 11.8. The highest BCUT2D eigenvalue weighted by Crippen LogP contribution is 2.31. The Morgan fingerprint density at radius 3 is 3.05 bits per heavy atom. The van der Waals surface area contributed by atoms with Crippen LogP contribution in [-0.2, 0) is 0 Å². The minimum atomic E-state index is 0.495. The van der Waals surface area contributed by atoms with Gasteiger partial charge in [-0.25, -0.2) is 0 Å². The van der Waals surface area contributed by atoms with Gasteiger partial charge in [-0.2, -0.15) is 26.8 Å². The summed E-state index contributed by atoms with van der Waals surface area (Å²) in [5, 5.41) is 15.4. The summed E-state index contributed by atoms with van der Waals surface area (Å²) in [5.74, 6) is 1.53. The van der Waals surface area contributed by atoms with Crippen molar-refractivity contribution in [3.63, 3.8) is 0 Å². The molecule has 0 aliphatic heterocycles. The standard InChI is InChI=1S/C13H20N6S/c1-3-14-13-17-11(10-7-15-19-12(10)18-13)16-8-4-5-9(6-8)20-2/h7-9H,3-6H2,1-2H3,(H3,14,15,16,17,18,19). The molecule has 6 nitrogen and oxygen atoms in total. The van der Waals surface area contributed by atoms with Crippen molar-refractivity contribution < 1.29 is 0 Å². The van der Waals surface area contributed by atoms with Crippen LogP contribution in [0, 0.1) is 0 Å². The first-order chi connectivity index (χ1) is 9.80. The maximum atomic E-state index is 4.58. The van der Waals surface area contributed by atoms with E-state index in [1.165, 1.54) is 19.3 Å². The molecule has 0 radical (unpaired) electrons. The van der Waals surface area contributed by atoms with Crippen molar-refractivity contribution in [2.24, 2.45) is 0 Å². The molecule has 2 unspecified atom stereocenters. The van der Waals surface area contributed by atoms with Gasteiger partial charge in [-0.1, -0.05) is 0 Å². The maximum absolute atomic E-state index is 4.58. The van der Waals surface area contributed by atoms with Gasteiger partial charge in [0.1, 0.15) is 5.82 Å². The number of nitrogens with zero attached hydrogens (tertiary/aromatic N) is 3. The molecule has 3 N–H and O–H groups in total. The van der Waals surface area contributed by atoms with E-state index in [-0.39, 0.29) is 0 Å². The van der Waals surface area contributed by atoms with Crippen molar-refractivity contribution in [3.8, 4) is 0 Å². The van der Waals surface area contributed by atoms with Gasteiger partial charge in [-0.3, -0.25) is 5.10 Å². The maximum Gasteiger partial charge on any atom is 0.226 e. The van der Waals surface area contributed by atoms with E-state index < -0.39 is 0 Å². The fourth-order valence-corrected chi connectivity index (χ4v) is 3.46. The largest absolute Gasteiger partial charge is 0.367 e. The van der Waals surface area contributed by atoms with Gasteiger partial charge in [0.15, 0.2) is 5.65 Å². The smallest absolute Gasteiger partial charge is 0.226 e. The topological polar surface area (TPSA) is 78.5 Å². The minimum Gasteiger partial charge on any atom is -0.367 e. The van der Waals surface area contributed by atoms with Crippen molar-refractivity contribution in [1.82, 2.24) is 20.2 Å². The predicted molar refractivity (Wildman–Crippen MR) is 84.4 cm³/mol. The Labute approximate surface area is 122 Å². The van der Waals surface area contributed by atoms with Crippen molar-refractivity contribution in [3.05, 3.63) is 6.20 Å². The lowest BCUT2D eigenvalue weighted by Crippen LogP contribution is -2.18. The van der Waals surface area contributed by atoms with Gasteiger partial charge in [0.2, 0.25) is 5.95 Å². The molecule has 3 rings (SSSR count). The summed E-state index contributed by atoms with van der Waals surface area (Å²) in [6.07, 6.45) is 7.65. The normalized spacial score (nSPS) is 22.3. The highest BCUT2D eigenvalue weighted by Gasteiger charge is 2.25. The van der Waals surface area contributed by atoms with Gasteiger partial charge in [0.05, 0.1) is 11.6 Å². The van der Waals surface area contributed by atoms with E-state index in [0.29, 0.717) is 12.0 Å². The number of aromatic nitrogens is 4. The lowest BCUT2D eigenvalue weighted by molar-refractivity contribution is 0.753. The average molecular weight is 292 g/mol. The Bertz CT molecular complexity index is 583. The van der Waals surface area contributed by atoms with Crippen molar-refractivity contribution in [2.45, 2.75) is 37.5 Å². The number of H-pyrrole nitrogens is 1. The number of anilines is 2. The van der Waals surface area contributed by atoms with Crippen LogP contribution in [0.15, 0.2) is 6.20 Å². The number of aromatic amines is 1. The summed E-state index contributed by atoms with van der Waals surface area (Å²) in [6, 6.07) is 0.495. The second-order valence-corrected chi connectivity index (χ2v) is 6.21. The molecule has 2 heterocycles. The highest BCUT2D eigenvalue weighted by atomic mass is 32.2. The van der Waals surface area contributed by atoms with Crippen molar-refractivity contribution in [1.29, 1.82) is 0 Å². The molecule has 2 aromatic heterocycles. The van der Waals surface area contributed by atoms with Crippen LogP contribution >= 0.6 is 11.8 Å². The molecule has 1 fully saturated rings. The molecule has 0 spiro atoms. The van der Waals surface area contributed by atoms with Gasteiger partial charge in [0.25, 0.3) is 0 Å². The molecule has 20 heavy (non-hydrogen) atoms. The van der Waals surface area contributed by atoms with Gasteiger partial charge in [-0.05, 0) is 32.4 Å². The molecule has 108 valence electrons. The minimum absolute atomic E-state index is 0.495. The average Bonchev–Trinajstić information content (AvgIpc) is 3.07. The molecular weight excluding hydrogens is 272 g/mol. The first kappa shape index (κ1) is 13.5. The van der Waals surface area contributed by atoms with E-state index in [0.717, 1.165) is 28.6 Å². The van der Waals surface area contributed by atoms with Gasteiger partial charge >= 0.3 is 0 Å². The number of hydrogen-bond donors (Lipinski definition) is 3. The van der Waals surface area contributed by atoms with Gasteiger partial charge < -0.3 is 10.6 Å². The summed E-state index contributed by atoms with van der Waals surface area (Å²) in [7, 11) is 0. The molecule has 1 aliphatic rings. The molecule has 7 heteroatoms. The van der Waals surface area contributed by atoms with E-state index in [1.807, 2.05) is 18.7 Å². The number of fused-ring (bicyclic) bond motifs is 1. The number of nitrogens with one attached hydrogen (secondary N) is 3. The molecule has 2 aromatic rings. The Morgan fingerprint density at radius 2 is 2.30 bits per heavy atom. The summed E-state index contributed by atoms with van der Waals surface area (Å²) in [5.41, 5.74) is 0.776. The highest BCUT2D eigenvalue weighted by molar-refractivity contribution is 7.99. The second-order valence-electron chi connectivity index (χ2n) is 5.07. The van der Waals surface area contributed by atoms with E-state index >= 15 is 0 Å². The molecule has 0 amide bonds. The van der Waals surface area contributed by atoms with Crippen LogP contribution in [0.3, 0.4) is 0 Å². The van der Waals surface area contributed by atoms with Crippen LogP contribution in [0.1, 0.15) is 26.2 Å². The summed E-state index contributed by atoms with van der Waals surface area (Å²) >= 11 is 1.96. The van der Waals surface area contributed by atoms with Crippen LogP contribution in [-0.4, -0.2) is 44.3 Å². The summed E-state index contributed by atoms with van der Waals surface area (Å²) < 4.78 is 0. The summed E-state index contributed by atoms with van der Waals surface area (Å²) in [4.78, 5) is 8.98. The lowest BCUT2D eigenvalue weighted by atomic mass is 10.2. The third-order valence-corrected chi connectivity index (χ3v) is 4.80. The molecule has 0 saturated heterocycles. The zero-order valence-corrected chi connectivity index (χ0v) is 12.6. The van der Waals surface area contributed by atoms with E-state index in [2.05, 4.69) is 37.1 Å². The summed E-state index contributed by atoms with van der Waals surface area (Å²) in [6.45, 7) is 2.84. The van der Waals surface area contributed by atoms with E-state index in [4.69, 9.17) is 0 Å². The molecule has 0 aromatic carbocycles. The van der Waals surface area contributed by atoms with Crippen LogP contribution in [0.2, 0.25) is 0 Å². The Morgan fingerprint density at radius 1 is 1.40 bits per heavy atom. The third-order valence-electron chi connectivity index (χ3n) is 3.70. The fraction of sp³-hybridized carbons (Fsp3) is 0.615. The van der Waals surface area contributed by atoms with Crippen LogP contribution < -0.4 is 10.6 Å². The number of rotatable bonds is 5. The Hall–Kier alpha value is -1.50. The first-order valence-electron chi connectivity index (χ1n) is 7.04. The van der Waals surface area contributed by atoms with E-state index in [9.17, 15) is 0 Å². The van der Waals surface area contributed by atoms with Crippen molar-refractivity contribution >= 4 is 34.6 Å². The van der Waals surface area contributed by atoms with Crippen LogP contribution in [0.4, 0.5) is 11.8 Å². The molecule has 1 aliphatic carbocycles. The predicted octanol–water partition coefficient (Wildman–Crippen LogP) is 2.48. The lowest BCUT2D eigenvalue weighted by Gasteiger charge is -2.15. The Balaban J connectivity index is 1.84. The quantitative estimate of drug-likeness (QED) is 0.786. The molecule has 1 saturated carbocycles. The van der Waals surface area contributed by atoms with Crippen molar-refractivity contribution in [2.75, 3.05) is 23.4 Å². The third kappa shape index (κ3) is 2.67. The molecule has 2 atom stereocenters. The molecular formula is C13H20N6S.